The molecule has 1 aromatic heterocycles. The van der Waals surface area contributed by atoms with Crippen molar-refractivity contribution >= 4 is 16.7 Å². The van der Waals surface area contributed by atoms with Crippen molar-refractivity contribution in [2.24, 2.45) is 0 Å². The number of hydrogen-bond acceptors (Lipinski definition) is 5. The summed E-state index contributed by atoms with van der Waals surface area (Å²) in [6.07, 6.45) is 1.52. The van der Waals surface area contributed by atoms with Crippen LogP contribution in [0.25, 0.3) is 0 Å². The highest BCUT2D eigenvalue weighted by Crippen LogP contribution is 2.10. The zero-order valence-corrected chi connectivity index (χ0v) is 8.87. The highest BCUT2D eigenvalue weighted by atomic mass is 32.1. The number of aromatic nitrogens is 2. The van der Waals surface area contributed by atoms with E-state index in [4.69, 9.17) is 5.11 Å². The summed E-state index contributed by atoms with van der Waals surface area (Å²) in [5.74, 6) is 0. The Morgan fingerprint density at radius 2 is 2.20 bits per heavy atom. The van der Waals surface area contributed by atoms with Crippen LogP contribution >= 0.6 is 11.5 Å². The summed E-state index contributed by atoms with van der Waals surface area (Å²) in [6, 6.07) is 7.80. The van der Waals surface area contributed by atoms with Crippen LogP contribution in [0.2, 0.25) is 0 Å². The zero-order chi connectivity index (χ0) is 10.5. The Hall–Kier alpha value is -1.46. The first-order valence-corrected chi connectivity index (χ1v) is 5.35. The molecule has 0 radical (unpaired) electrons. The van der Waals surface area contributed by atoms with E-state index in [1.54, 1.807) is 0 Å². The molecule has 0 saturated carbocycles. The Balaban J connectivity index is 1.98. The van der Waals surface area contributed by atoms with Crippen LogP contribution in [0.4, 0.5) is 5.13 Å². The predicted molar refractivity (Wildman–Crippen MR) is 59.6 cm³/mol. The van der Waals surface area contributed by atoms with E-state index in [1.807, 2.05) is 24.3 Å². The summed E-state index contributed by atoms with van der Waals surface area (Å²) in [5, 5.41) is 12.9. The molecule has 5 heteroatoms. The Morgan fingerprint density at radius 3 is 2.93 bits per heavy atom. The minimum absolute atomic E-state index is 0.0760. The summed E-state index contributed by atoms with van der Waals surface area (Å²) in [6.45, 7) is 0.773. The molecule has 0 saturated heterocycles. The molecule has 1 heterocycles. The lowest BCUT2D eigenvalue weighted by atomic mass is 10.1. The number of nitrogens with zero attached hydrogens (tertiary/aromatic N) is 2. The minimum atomic E-state index is 0.0760. The van der Waals surface area contributed by atoms with Crippen molar-refractivity contribution in [3.05, 3.63) is 41.7 Å². The fourth-order valence-electron chi connectivity index (χ4n) is 1.27. The number of rotatable bonds is 4. The van der Waals surface area contributed by atoms with Crippen molar-refractivity contribution in [2.45, 2.75) is 13.2 Å². The van der Waals surface area contributed by atoms with Crippen molar-refractivity contribution in [2.75, 3.05) is 5.32 Å². The zero-order valence-electron chi connectivity index (χ0n) is 8.05. The lowest BCUT2D eigenvalue weighted by molar-refractivity contribution is 0.281. The van der Waals surface area contributed by atoms with Crippen LogP contribution in [0.3, 0.4) is 0 Å². The van der Waals surface area contributed by atoms with E-state index in [0.29, 0.717) is 6.54 Å². The minimum Gasteiger partial charge on any atom is -0.392 e. The summed E-state index contributed by atoms with van der Waals surface area (Å²) in [5.41, 5.74) is 2.04. The third-order valence-corrected chi connectivity index (χ3v) is 2.60. The first kappa shape index (κ1) is 10.1. The average molecular weight is 221 g/mol. The Bertz CT molecular complexity index is 416. The lowest BCUT2D eigenvalue weighted by Gasteiger charge is -2.03. The number of anilines is 1. The maximum atomic E-state index is 8.97. The van der Waals surface area contributed by atoms with Crippen LogP contribution in [0, 0.1) is 0 Å². The summed E-state index contributed by atoms with van der Waals surface area (Å²) in [7, 11) is 0. The smallest absolute Gasteiger partial charge is 0.202 e. The first-order valence-electron chi connectivity index (χ1n) is 4.57. The largest absolute Gasteiger partial charge is 0.392 e. The van der Waals surface area contributed by atoms with E-state index in [9.17, 15) is 0 Å². The van der Waals surface area contributed by atoms with E-state index < -0.39 is 0 Å². The fraction of sp³-hybridized carbons (Fsp3) is 0.200. The van der Waals surface area contributed by atoms with E-state index in [2.05, 4.69) is 14.7 Å². The van der Waals surface area contributed by atoms with Crippen molar-refractivity contribution in [3.63, 3.8) is 0 Å². The second-order valence-corrected chi connectivity index (χ2v) is 3.86. The van der Waals surface area contributed by atoms with Gasteiger partial charge in [-0.2, -0.15) is 4.37 Å². The quantitative estimate of drug-likeness (QED) is 0.824. The van der Waals surface area contributed by atoms with E-state index in [-0.39, 0.29) is 6.61 Å². The second-order valence-electron chi connectivity index (χ2n) is 3.08. The molecule has 0 aliphatic heterocycles. The van der Waals surface area contributed by atoms with Crippen LogP contribution < -0.4 is 5.32 Å². The highest BCUT2D eigenvalue weighted by Gasteiger charge is 1.97. The molecular formula is C10H11N3OS. The molecule has 15 heavy (non-hydrogen) atoms. The van der Waals surface area contributed by atoms with Crippen molar-refractivity contribution < 1.29 is 5.11 Å². The van der Waals surface area contributed by atoms with Crippen LogP contribution in [-0.2, 0) is 13.2 Å². The number of hydrogen-bond donors (Lipinski definition) is 2. The van der Waals surface area contributed by atoms with E-state index in [0.717, 1.165) is 16.3 Å². The number of nitrogens with one attached hydrogen (secondary N) is 1. The van der Waals surface area contributed by atoms with Crippen molar-refractivity contribution in [3.8, 4) is 0 Å². The van der Waals surface area contributed by atoms with Crippen molar-refractivity contribution in [1.82, 2.24) is 9.36 Å². The summed E-state index contributed by atoms with van der Waals surface area (Å²) in [4.78, 5) is 4.02. The molecule has 4 nitrogen and oxygen atoms in total. The van der Waals surface area contributed by atoms with Crippen LogP contribution in [-0.4, -0.2) is 14.5 Å². The van der Waals surface area contributed by atoms with Gasteiger partial charge in [0.05, 0.1) is 6.61 Å². The average Bonchev–Trinajstić information content (AvgIpc) is 2.79. The molecule has 0 aliphatic rings. The van der Waals surface area contributed by atoms with Crippen LogP contribution in [0.15, 0.2) is 30.6 Å². The monoisotopic (exact) mass is 221 g/mol. The molecule has 0 spiro atoms. The molecule has 78 valence electrons. The first-order chi connectivity index (χ1) is 7.38. The molecule has 2 aromatic rings. The molecular weight excluding hydrogens is 210 g/mol. The SMILES string of the molecule is OCc1cccc(CNc2ncns2)c1. The predicted octanol–water partition coefficient (Wildman–Crippen LogP) is 1.64. The molecule has 0 unspecified atom stereocenters. The van der Waals surface area contributed by atoms with Gasteiger partial charge in [-0.1, -0.05) is 24.3 Å². The van der Waals surface area contributed by atoms with Gasteiger partial charge in [-0.05, 0) is 11.1 Å². The molecule has 0 fully saturated rings. The normalized spacial score (nSPS) is 10.2. The van der Waals surface area contributed by atoms with Gasteiger partial charge in [0.2, 0.25) is 5.13 Å². The Labute approximate surface area is 91.8 Å². The molecule has 0 aliphatic carbocycles. The van der Waals surface area contributed by atoms with Gasteiger partial charge in [0.15, 0.2) is 0 Å². The van der Waals surface area contributed by atoms with Gasteiger partial charge in [-0.25, -0.2) is 4.98 Å². The van der Waals surface area contributed by atoms with Crippen LogP contribution in [0.5, 0.6) is 0 Å². The highest BCUT2D eigenvalue weighted by molar-refractivity contribution is 7.09. The van der Waals surface area contributed by atoms with Crippen molar-refractivity contribution in [1.29, 1.82) is 0 Å². The number of aliphatic hydroxyl groups is 1. The summed E-state index contributed by atoms with van der Waals surface area (Å²) < 4.78 is 3.90. The lowest BCUT2D eigenvalue weighted by Crippen LogP contribution is -1.99. The van der Waals surface area contributed by atoms with Gasteiger partial charge in [0, 0.05) is 18.1 Å². The van der Waals surface area contributed by atoms with Gasteiger partial charge >= 0.3 is 0 Å². The third-order valence-electron chi connectivity index (χ3n) is 1.98. The third kappa shape index (κ3) is 2.74. The van der Waals surface area contributed by atoms with Gasteiger partial charge in [-0.3, -0.25) is 0 Å². The molecule has 0 bridgehead atoms. The molecule has 0 amide bonds. The van der Waals surface area contributed by atoms with E-state index in [1.165, 1.54) is 17.9 Å². The number of aliphatic hydroxyl groups excluding tert-OH is 1. The molecule has 2 N–H and O–H groups in total. The Kier molecular flexibility index (Phi) is 3.26. The molecule has 0 atom stereocenters. The summed E-state index contributed by atoms with van der Waals surface area (Å²) >= 11 is 1.33. The molecule has 2 rings (SSSR count). The Morgan fingerprint density at radius 1 is 1.33 bits per heavy atom. The number of benzene rings is 1. The second kappa shape index (κ2) is 4.86. The van der Waals surface area contributed by atoms with Gasteiger partial charge in [-0.15, -0.1) is 0 Å². The maximum Gasteiger partial charge on any atom is 0.202 e. The van der Waals surface area contributed by atoms with E-state index >= 15 is 0 Å². The topological polar surface area (TPSA) is 58.0 Å². The fourth-order valence-corrected chi connectivity index (χ4v) is 1.69. The van der Waals surface area contributed by atoms with Gasteiger partial charge in [0.1, 0.15) is 6.33 Å². The standard InChI is InChI=1S/C10H11N3OS/c14-6-9-3-1-2-8(4-9)5-11-10-12-7-13-15-10/h1-4,7,14H,5-6H2,(H,11,12,13). The molecule has 1 aromatic carbocycles. The van der Waals surface area contributed by atoms with Gasteiger partial charge in [0.25, 0.3) is 0 Å². The maximum absolute atomic E-state index is 8.97. The van der Waals surface area contributed by atoms with Crippen LogP contribution in [0.1, 0.15) is 11.1 Å². The van der Waals surface area contributed by atoms with Gasteiger partial charge < -0.3 is 10.4 Å².